The van der Waals surface area contributed by atoms with Crippen molar-refractivity contribution in [3.8, 4) is 0 Å². The molecule has 0 saturated carbocycles. The van der Waals surface area contributed by atoms with E-state index >= 15 is 0 Å². The van der Waals surface area contributed by atoms with E-state index in [0.29, 0.717) is 38.5 Å². The number of carbonyl (C=O) groups excluding carboxylic acids is 6. The second-order valence-corrected chi connectivity index (χ2v) is 13.5. The maximum Gasteiger partial charge on any atom is 0.266 e. The van der Waals surface area contributed by atoms with E-state index < -0.39 is 58.9 Å². The average molecular weight is 812 g/mol. The van der Waals surface area contributed by atoms with Gasteiger partial charge in [0.2, 0.25) is 23.6 Å². The number of thiol groups is 1. The Morgan fingerprint density at radius 3 is 1.51 bits per heavy atom. The number of amides is 5. The molecule has 0 bridgehead atoms. The summed E-state index contributed by atoms with van der Waals surface area (Å²) in [5.74, 6) is -5.04. The maximum atomic E-state index is 12.0. The zero-order valence-electron chi connectivity index (χ0n) is 32.1. The Kier molecular flexibility index (Phi) is 24.0. The van der Waals surface area contributed by atoms with Crippen LogP contribution in [0.15, 0.2) is 91.0 Å². The second kappa shape index (κ2) is 27.4. The van der Waals surface area contributed by atoms with Crippen LogP contribution in [0.25, 0.3) is 0 Å². The summed E-state index contributed by atoms with van der Waals surface area (Å²) < 4.78 is 0. The predicted molar refractivity (Wildman–Crippen MR) is 217 cm³/mol. The number of ketones is 1. The first-order valence-electron chi connectivity index (χ1n) is 18.3. The molecule has 0 aromatic heterocycles. The Bertz CT molecular complexity index is 1670. The van der Waals surface area contributed by atoms with Gasteiger partial charge in [0.15, 0.2) is 11.3 Å². The molecule has 5 atom stereocenters. The third-order valence-corrected chi connectivity index (χ3v) is 9.40. The van der Waals surface area contributed by atoms with E-state index in [1.54, 1.807) is 0 Å². The van der Waals surface area contributed by atoms with Crippen molar-refractivity contribution in [2.75, 3.05) is 12.3 Å². The molecule has 312 valence electrons. The van der Waals surface area contributed by atoms with Crippen molar-refractivity contribution in [3.05, 3.63) is 108 Å². The number of hydroxylamine groups is 2. The first-order valence-corrected chi connectivity index (χ1v) is 19.0. The lowest BCUT2D eigenvalue weighted by Crippen LogP contribution is -2.64. The zero-order valence-corrected chi connectivity index (χ0v) is 33.0. The Morgan fingerprint density at radius 1 is 0.702 bits per heavy atom. The van der Waals surface area contributed by atoms with Crippen LogP contribution in [0.5, 0.6) is 0 Å². The van der Waals surface area contributed by atoms with Crippen molar-refractivity contribution in [2.45, 2.75) is 76.0 Å². The van der Waals surface area contributed by atoms with Crippen LogP contribution in [0.2, 0.25) is 0 Å². The van der Waals surface area contributed by atoms with Crippen LogP contribution in [-0.2, 0) is 48.0 Å². The minimum absolute atomic E-state index is 0.0468. The molecule has 0 spiro atoms. The van der Waals surface area contributed by atoms with Gasteiger partial charge in [-0.05, 0) is 62.1 Å². The third-order valence-electron chi connectivity index (χ3n) is 9.04. The van der Waals surface area contributed by atoms with Crippen molar-refractivity contribution < 1.29 is 44.3 Å². The quantitative estimate of drug-likeness (QED) is 0.0311. The van der Waals surface area contributed by atoms with Crippen LogP contribution < -0.4 is 39.2 Å². The molecule has 3 aromatic carbocycles. The minimum atomic E-state index is -1.99. The van der Waals surface area contributed by atoms with Crippen LogP contribution in [0.4, 0.5) is 0 Å². The van der Waals surface area contributed by atoms with Crippen molar-refractivity contribution in [1.82, 2.24) is 16.3 Å². The van der Waals surface area contributed by atoms with E-state index in [1.165, 1.54) is 23.4 Å². The Labute approximate surface area is 338 Å². The van der Waals surface area contributed by atoms with Gasteiger partial charge in [-0.1, -0.05) is 91.0 Å². The molecule has 16 nitrogen and oxygen atoms in total. The van der Waals surface area contributed by atoms with E-state index in [9.17, 15) is 33.9 Å². The molecule has 0 heterocycles. The number of aryl methyl sites for hydroxylation is 3. The van der Waals surface area contributed by atoms with Gasteiger partial charge in [0.05, 0.1) is 17.9 Å². The summed E-state index contributed by atoms with van der Waals surface area (Å²) >= 11 is 3.95. The predicted octanol–water partition coefficient (Wildman–Crippen LogP) is 0.872. The van der Waals surface area contributed by atoms with Gasteiger partial charge in [-0.15, -0.1) is 0 Å². The van der Waals surface area contributed by atoms with E-state index in [0.717, 1.165) is 17.5 Å². The fourth-order valence-electron chi connectivity index (χ4n) is 5.56. The highest BCUT2D eigenvalue weighted by Gasteiger charge is 2.44. The van der Waals surface area contributed by atoms with Crippen molar-refractivity contribution in [2.24, 2.45) is 34.8 Å². The van der Waals surface area contributed by atoms with Crippen molar-refractivity contribution in [1.29, 1.82) is 0 Å². The van der Waals surface area contributed by atoms with Crippen LogP contribution in [0, 0.1) is 11.8 Å². The van der Waals surface area contributed by atoms with E-state index in [1.807, 2.05) is 91.0 Å². The number of nitrogens with one attached hydrogen (secondary N) is 3. The molecule has 3 rings (SSSR count). The van der Waals surface area contributed by atoms with Crippen LogP contribution in [0.1, 0.15) is 55.7 Å². The summed E-state index contributed by atoms with van der Waals surface area (Å²) in [7, 11) is 0. The lowest BCUT2D eigenvalue weighted by Gasteiger charge is -2.27. The van der Waals surface area contributed by atoms with Crippen molar-refractivity contribution >= 4 is 47.9 Å². The summed E-state index contributed by atoms with van der Waals surface area (Å²) in [6.07, 6.45) is 2.95. The Hall–Kier alpha value is -5.17. The summed E-state index contributed by atoms with van der Waals surface area (Å²) in [5.41, 5.74) is 25.9. The number of hydrogen-bond donors (Lipinski definition) is 11. The van der Waals surface area contributed by atoms with Gasteiger partial charge in [0.1, 0.15) is 6.04 Å². The molecule has 0 aliphatic carbocycles. The fourth-order valence-corrected chi connectivity index (χ4v) is 5.82. The van der Waals surface area contributed by atoms with Gasteiger partial charge < -0.3 is 33.4 Å². The molecule has 0 saturated heterocycles. The molecular weight excluding hydrogens is 755 g/mol. The number of aliphatic hydroxyl groups excluding tert-OH is 1. The van der Waals surface area contributed by atoms with Gasteiger partial charge in [-0.3, -0.25) is 39.2 Å². The van der Waals surface area contributed by atoms with E-state index in [2.05, 4.69) is 17.9 Å². The Balaban J connectivity index is 0.000000427. The average Bonchev–Trinajstić information content (AvgIpc) is 3.21. The largest absolute Gasteiger partial charge is 0.390 e. The molecule has 0 radical (unpaired) electrons. The SMILES string of the molecule is C[C@@H](O)[C@](N)(C(N)=O)C(=O)CCCc1ccccc1.NCC(C(=O)NO)C(CCc1ccccc1)C(N)=O.O=C(CCCc1ccccc1)NC(CS)C(=O)NO. The van der Waals surface area contributed by atoms with Gasteiger partial charge in [-0.25, -0.2) is 11.0 Å². The van der Waals surface area contributed by atoms with Crippen LogP contribution >= 0.6 is 12.6 Å². The number of nitrogens with two attached hydrogens (primary N) is 4. The highest BCUT2D eigenvalue weighted by molar-refractivity contribution is 7.80. The summed E-state index contributed by atoms with van der Waals surface area (Å²) in [6.45, 7) is 1.24. The number of hydrogen-bond acceptors (Lipinski definition) is 12. The summed E-state index contributed by atoms with van der Waals surface area (Å²) in [5, 5.41) is 29.1. The smallest absolute Gasteiger partial charge is 0.266 e. The minimum Gasteiger partial charge on any atom is -0.390 e. The normalized spacial score (nSPS) is 13.6. The topological polar surface area (TPSA) is 303 Å². The third kappa shape index (κ3) is 18.1. The van der Waals surface area contributed by atoms with E-state index in [-0.39, 0.29) is 24.6 Å². The van der Waals surface area contributed by atoms with Crippen molar-refractivity contribution in [3.63, 3.8) is 0 Å². The standard InChI is InChI=1S/C14H20N2O3.C13H19N3O3.C13H18N2O3S/c1-10(17)14(16,13(15)19)12(18)9-5-8-11-6-3-2-4-7-11;14-8-11(13(18)16-19)10(12(15)17)7-6-9-4-2-1-3-5-9;16-12(14-11(9-19)13(17)15-18)8-4-7-10-5-2-1-3-6-10/h2-4,6-7,10,17H,5,8-9,16H2,1H3,(H2,15,19);1-5,10-11,19H,6-8,14H2,(H2,15,17)(H,16,18);1-3,5-6,11,18-19H,4,7-9H2,(H,14,16)(H,15,17)/t10-,14-;;/m1../s1. The van der Waals surface area contributed by atoms with E-state index in [4.69, 9.17) is 33.3 Å². The number of carbonyl (C=O) groups is 6. The molecule has 3 aromatic rings. The molecular formula is C40H57N7O9S. The van der Waals surface area contributed by atoms with Gasteiger partial charge in [0.25, 0.3) is 5.91 Å². The number of Topliss-reactive ketones (excluding diaryl/α,β-unsaturated/α-hetero) is 1. The molecule has 17 heteroatoms. The maximum absolute atomic E-state index is 12.0. The molecule has 14 N–H and O–H groups in total. The number of rotatable bonds is 21. The van der Waals surface area contributed by atoms with Gasteiger partial charge in [-0.2, -0.15) is 12.6 Å². The lowest BCUT2D eigenvalue weighted by molar-refractivity contribution is -0.139. The monoisotopic (exact) mass is 811 g/mol. The summed E-state index contributed by atoms with van der Waals surface area (Å²) in [4.78, 5) is 68.9. The number of benzene rings is 3. The van der Waals surface area contributed by atoms with Crippen LogP contribution in [0.3, 0.4) is 0 Å². The molecule has 0 aliphatic rings. The van der Waals surface area contributed by atoms with Gasteiger partial charge in [0, 0.05) is 25.1 Å². The molecule has 0 aliphatic heterocycles. The molecule has 5 amide bonds. The first-order chi connectivity index (χ1) is 27.1. The number of aliphatic hydroxyl groups is 1. The first kappa shape index (κ1) is 49.8. The van der Waals surface area contributed by atoms with Gasteiger partial charge >= 0.3 is 0 Å². The Morgan fingerprint density at radius 2 is 1.14 bits per heavy atom. The molecule has 0 fully saturated rings. The zero-order chi connectivity index (χ0) is 42.8. The second-order valence-electron chi connectivity index (χ2n) is 13.1. The number of primary amides is 2. The lowest BCUT2D eigenvalue weighted by atomic mass is 9.86. The summed E-state index contributed by atoms with van der Waals surface area (Å²) in [6, 6.07) is 28.3. The molecule has 3 unspecified atom stereocenters. The van der Waals surface area contributed by atoms with Crippen LogP contribution in [-0.4, -0.2) is 80.8 Å². The fraction of sp³-hybridized carbons (Fsp3) is 0.400. The highest BCUT2D eigenvalue weighted by atomic mass is 32.1. The highest BCUT2D eigenvalue weighted by Crippen LogP contribution is 2.19. The molecule has 57 heavy (non-hydrogen) atoms.